The Bertz CT molecular complexity index is 218. The SMILES string of the molecule is CCCCCCCC(CN)N1CCCC(N(C)C)C1. The van der Waals surface area contributed by atoms with E-state index in [4.69, 9.17) is 5.73 Å². The van der Waals surface area contributed by atoms with Gasteiger partial charge >= 0.3 is 0 Å². The summed E-state index contributed by atoms with van der Waals surface area (Å²) in [6.45, 7) is 5.57. The van der Waals surface area contributed by atoms with Crippen LogP contribution in [0.15, 0.2) is 0 Å². The highest BCUT2D eigenvalue weighted by Crippen LogP contribution is 2.19. The van der Waals surface area contributed by atoms with E-state index in [-0.39, 0.29) is 0 Å². The summed E-state index contributed by atoms with van der Waals surface area (Å²) < 4.78 is 0. The van der Waals surface area contributed by atoms with Gasteiger partial charge < -0.3 is 10.6 Å². The van der Waals surface area contributed by atoms with Crippen LogP contribution < -0.4 is 5.73 Å². The number of nitrogens with two attached hydrogens (primary N) is 1. The fraction of sp³-hybridized carbons (Fsp3) is 1.00. The van der Waals surface area contributed by atoms with E-state index in [2.05, 4.69) is 30.8 Å². The summed E-state index contributed by atoms with van der Waals surface area (Å²) in [5.74, 6) is 0. The van der Waals surface area contributed by atoms with Crippen molar-refractivity contribution in [3.63, 3.8) is 0 Å². The van der Waals surface area contributed by atoms with Gasteiger partial charge in [0.25, 0.3) is 0 Å². The molecule has 1 aliphatic rings. The first kappa shape index (κ1) is 16.9. The average molecular weight is 269 g/mol. The molecule has 0 aliphatic carbocycles. The van der Waals surface area contributed by atoms with Crippen LogP contribution in [0.25, 0.3) is 0 Å². The van der Waals surface area contributed by atoms with Gasteiger partial charge in [0.05, 0.1) is 0 Å². The summed E-state index contributed by atoms with van der Waals surface area (Å²) in [6, 6.07) is 1.34. The van der Waals surface area contributed by atoms with Crippen LogP contribution in [0.3, 0.4) is 0 Å². The van der Waals surface area contributed by atoms with Crippen molar-refractivity contribution in [3.05, 3.63) is 0 Å². The van der Waals surface area contributed by atoms with Crippen molar-refractivity contribution in [1.82, 2.24) is 9.80 Å². The Balaban J connectivity index is 2.28. The summed E-state index contributed by atoms with van der Waals surface area (Å²) in [7, 11) is 4.41. The Hall–Kier alpha value is -0.120. The van der Waals surface area contributed by atoms with E-state index in [1.807, 2.05) is 0 Å². The quantitative estimate of drug-likeness (QED) is 0.653. The molecule has 0 aromatic heterocycles. The molecule has 0 amide bonds. The number of piperidine rings is 1. The van der Waals surface area contributed by atoms with Crippen molar-refractivity contribution >= 4 is 0 Å². The van der Waals surface area contributed by atoms with Gasteiger partial charge in [0.1, 0.15) is 0 Å². The number of hydrogen-bond donors (Lipinski definition) is 1. The molecule has 1 aliphatic heterocycles. The zero-order chi connectivity index (χ0) is 14.1. The molecule has 2 N–H and O–H groups in total. The minimum atomic E-state index is 0.615. The Labute approximate surface area is 120 Å². The highest BCUT2D eigenvalue weighted by molar-refractivity contribution is 4.83. The summed E-state index contributed by atoms with van der Waals surface area (Å²) in [4.78, 5) is 5.02. The van der Waals surface area contributed by atoms with Gasteiger partial charge in [0.2, 0.25) is 0 Å². The second-order valence-electron chi connectivity index (χ2n) is 6.35. The Morgan fingerprint density at radius 2 is 1.95 bits per heavy atom. The standard InChI is InChI=1S/C16H35N3/c1-4-5-6-7-8-10-15(13-17)19-12-9-11-16(14-19)18(2)3/h15-16H,4-14,17H2,1-3H3. The largest absolute Gasteiger partial charge is 0.329 e. The van der Waals surface area contributed by atoms with Crippen molar-refractivity contribution in [2.75, 3.05) is 33.7 Å². The van der Waals surface area contributed by atoms with Crippen LogP contribution in [0, 0.1) is 0 Å². The lowest BCUT2D eigenvalue weighted by atomic mass is 9.99. The van der Waals surface area contributed by atoms with Gasteiger partial charge in [-0.3, -0.25) is 4.90 Å². The Morgan fingerprint density at radius 1 is 1.21 bits per heavy atom. The van der Waals surface area contributed by atoms with E-state index in [1.54, 1.807) is 0 Å². The van der Waals surface area contributed by atoms with Crippen molar-refractivity contribution in [2.45, 2.75) is 70.4 Å². The van der Waals surface area contributed by atoms with Gasteiger partial charge in [-0.1, -0.05) is 39.0 Å². The molecule has 2 unspecified atom stereocenters. The molecule has 19 heavy (non-hydrogen) atoms. The van der Waals surface area contributed by atoms with Crippen molar-refractivity contribution < 1.29 is 0 Å². The van der Waals surface area contributed by atoms with Gasteiger partial charge in [0.15, 0.2) is 0 Å². The van der Waals surface area contributed by atoms with E-state index >= 15 is 0 Å². The minimum absolute atomic E-state index is 0.615. The fourth-order valence-corrected chi connectivity index (χ4v) is 3.17. The van der Waals surface area contributed by atoms with E-state index in [1.165, 1.54) is 64.5 Å². The van der Waals surface area contributed by atoms with E-state index < -0.39 is 0 Å². The third kappa shape index (κ3) is 6.24. The average Bonchev–Trinajstić information content (AvgIpc) is 2.43. The second kappa shape index (κ2) is 9.73. The van der Waals surface area contributed by atoms with Crippen LogP contribution in [-0.2, 0) is 0 Å². The number of unbranched alkanes of at least 4 members (excludes halogenated alkanes) is 4. The minimum Gasteiger partial charge on any atom is -0.329 e. The van der Waals surface area contributed by atoms with Crippen molar-refractivity contribution in [1.29, 1.82) is 0 Å². The molecule has 1 rings (SSSR count). The number of likely N-dealkylation sites (N-methyl/N-ethyl adjacent to an activating group) is 1. The molecule has 1 saturated heterocycles. The predicted molar refractivity (Wildman–Crippen MR) is 84.5 cm³/mol. The van der Waals surface area contributed by atoms with Crippen molar-refractivity contribution in [2.24, 2.45) is 5.73 Å². The Morgan fingerprint density at radius 3 is 2.58 bits per heavy atom. The van der Waals surface area contributed by atoms with Gasteiger partial charge in [-0.15, -0.1) is 0 Å². The molecule has 0 saturated carbocycles. The first-order valence-electron chi connectivity index (χ1n) is 8.29. The predicted octanol–water partition coefficient (Wildman–Crippen LogP) is 2.70. The number of hydrogen-bond acceptors (Lipinski definition) is 3. The molecule has 3 nitrogen and oxygen atoms in total. The highest BCUT2D eigenvalue weighted by Gasteiger charge is 2.25. The molecule has 2 atom stereocenters. The maximum Gasteiger partial charge on any atom is 0.0219 e. The number of rotatable bonds is 9. The molecule has 0 aromatic carbocycles. The third-order valence-corrected chi connectivity index (χ3v) is 4.59. The molecule has 0 bridgehead atoms. The van der Waals surface area contributed by atoms with Crippen molar-refractivity contribution in [3.8, 4) is 0 Å². The molecular weight excluding hydrogens is 234 g/mol. The topological polar surface area (TPSA) is 32.5 Å². The molecule has 0 aromatic rings. The van der Waals surface area contributed by atoms with Gasteiger partial charge in [0, 0.05) is 25.2 Å². The van der Waals surface area contributed by atoms with Crippen LogP contribution in [0.5, 0.6) is 0 Å². The number of likely N-dealkylation sites (tertiary alicyclic amines) is 1. The lowest BCUT2D eigenvalue weighted by Gasteiger charge is -2.40. The summed E-state index contributed by atoms with van der Waals surface area (Å²) in [5.41, 5.74) is 6.01. The summed E-state index contributed by atoms with van der Waals surface area (Å²) >= 11 is 0. The molecule has 3 heteroatoms. The van der Waals surface area contributed by atoms with Crippen LogP contribution >= 0.6 is 0 Å². The van der Waals surface area contributed by atoms with Gasteiger partial charge in [-0.05, 0) is 39.9 Å². The lowest BCUT2D eigenvalue weighted by molar-refractivity contribution is 0.0935. The lowest BCUT2D eigenvalue weighted by Crippen LogP contribution is -2.51. The van der Waals surface area contributed by atoms with Gasteiger partial charge in [-0.25, -0.2) is 0 Å². The molecule has 0 spiro atoms. The summed E-state index contributed by atoms with van der Waals surface area (Å²) in [6.07, 6.45) is 10.8. The fourth-order valence-electron chi connectivity index (χ4n) is 3.17. The third-order valence-electron chi connectivity index (χ3n) is 4.59. The first-order chi connectivity index (χ1) is 9.19. The van der Waals surface area contributed by atoms with E-state index in [9.17, 15) is 0 Å². The smallest absolute Gasteiger partial charge is 0.0219 e. The maximum absolute atomic E-state index is 6.01. The van der Waals surface area contributed by atoms with E-state index in [0.717, 1.165) is 12.6 Å². The van der Waals surface area contributed by atoms with Gasteiger partial charge in [-0.2, -0.15) is 0 Å². The normalized spacial score (nSPS) is 22.9. The van der Waals surface area contributed by atoms with Crippen LogP contribution in [0.4, 0.5) is 0 Å². The maximum atomic E-state index is 6.01. The molecule has 114 valence electrons. The second-order valence-corrected chi connectivity index (χ2v) is 6.35. The molecule has 0 radical (unpaired) electrons. The number of nitrogens with zero attached hydrogens (tertiary/aromatic N) is 2. The zero-order valence-electron chi connectivity index (χ0n) is 13.4. The van der Waals surface area contributed by atoms with Crippen LogP contribution in [-0.4, -0.2) is 55.6 Å². The first-order valence-corrected chi connectivity index (χ1v) is 8.29. The monoisotopic (exact) mass is 269 g/mol. The van der Waals surface area contributed by atoms with Crippen LogP contribution in [0.1, 0.15) is 58.3 Å². The van der Waals surface area contributed by atoms with E-state index in [0.29, 0.717) is 6.04 Å². The molecule has 1 heterocycles. The van der Waals surface area contributed by atoms with Crippen LogP contribution in [0.2, 0.25) is 0 Å². The molecule has 1 fully saturated rings. The zero-order valence-corrected chi connectivity index (χ0v) is 13.4. The summed E-state index contributed by atoms with van der Waals surface area (Å²) in [5, 5.41) is 0. The highest BCUT2D eigenvalue weighted by atomic mass is 15.2. The Kier molecular flexibility index (Phi) is 8.67. The molecular formula is C16H35N3.